The molecule has 0 aliphatic heterocycles. The molecule has 8 heteroatoms. The molecule has 0 spiro atoms. The summed E-state index contributed by atoms with van der Waals surface area (Å²) in [5.41, 5.74) is 5.45. The molecule has 1 heterocycles. The number of rotatable bonds is 5. The number of aromatic nitrogens is 4. The predicted molar refractivity (Wildman–Crippen MR) is 59.8 cm³/mol. The number of hydrogen-bond donors (Lipinski definition) is 2. The summed E-state index contributed by atoms with van der Waals surface area (Å²) in [6.45, 7) is 2.96. The summed E-state index contributed by atoms with van der Waals surface area (Å²) in [6.07, 6.45) is 2.17. The van der Waals surface area contributed by atoms with Crippen LogP contribution in [0.5, 0.6) is 0 Å². The van der Waals surface area contributed by atoms with Crippen LogP contribution in [0.2, 0.25) is 0 Å². The first-order chi connectivity index (χ1) is 7.27. The van der Waals surface area contributed by atoms with E-state index in [2.05, 4.69) is 27.6 Å². The lowest BCUT2D eigenvalue weighted by Gasteiger charge is -2.02. The molecular weight excluding hydrogens is 214 g/mol. The lowest BCUT2D eigenvalue weighted by Crippen LogP contribution is -2.11. The number of thioether (sulfide) groups is 1. The predicted octanol–water partition coefficient (Wildman–Crippen LogP) is -0.105. The van der Waals surface area contributed by atoms with E-state index in [4.69, 9.17) is 11.6 Å². The Morgan fingerprint density at radius 1 is 1.60 bits per heavy atom. The van der Waals surface area contributed by atoms with Crippen molar-refractivity contribution in [2.75, 3.05) is 0 Å². The number of aryl methyl sites for hydroxylation is 1. The smallest absolute Gasteiger partial charge is 0.177 e. The Morgan fingerprint density at radius 3 is 3.07 bits per heavy atom. The highest BCUT2D eigenvalue weighted by molar-refractivity contribution is 8.13. The Bertz CT molecular complexity index is 321. The fourth-order valence-electron chi connectivity index (χ4n) is 0.984. The number of nitrogens with zero attached hydrogens (tertiary/aromatic N) is 5. The first kappa shape index (κ1) is 11.8. The molecule has 1 aromatic rings. The van der Waals surface area contributed by atoms with Crippen molar-refractivity contribution < 1.29 is 0 Å². The van der Waals surface area contributed by atoms with Crippen LogP contribution in [-0.2, 0) is 12.3 Å². The SMILES string of the molecule is CCCCn1nnnc1CSC(N)=NN. The summed E-state index contributed by atoms with van der Waals surface area (Å²) in [6, 6.07) is 0. The number of hydrogen-bond acceptors (Lipinski definition) is 6. The van der Waals surface area contributed by atoms with Gasteiger partial charge < -0.3 is 11.6 Å². The van der Waals surface area contributed by atoms with Crippen LogP contribution in [0.1, 0.15) is 25.6 Å². The molecule has 0 aromatic carbocycles. The third kappa shape index (κ3) is 3.74. The van der Waals surface area contributed by atoms with Crippen molar-refractivity contribution in [1.82, 2.24) is 20.2 Å². The van der Waals surface area contributed by atoms with Gasteiger partial charge in [0, 0.05) is 6.54 Å². The number of amidine groups is 1. The Balaban J connectivity index is 2.49. The average Bonchev–Trinajstić information content (AvgIpc) is 2.70. The summed E-state index contributed by atoms with van der Waals surface area (Å²) in [4.78, 5) is 0. The maximum atomic E-state index is 5.45. The molecule has 0 aliphatic carbocycles. The van der Waals surface area contributed by atoms with Crippen LogP contribution in [0.4, 0.5) is 0 Å². The van der Waals surface area contributed by atoms with Crippen molar-refractivity contribution >= 4 is 16.9 Å². The van der Waals surface area contributed by atoms with Crippen LogP contribution in [0.3, 0.4) is 0 Å². The van der Waals surface area contributed by atoms with Gasteiger partial charge in [0.1, 0.15) is 0 Å². The van der Waals surface area contributed by atoms with Crippen LogP contribution in [0, 0.1) is 0 Å². The molecule has 0 unspecified atom stereocenters. The molecule has 1 rings (SSSR count). The molecule has 0 saturated carbocycles. The third-order valence-electron chi connectivity index (χ3n) is 1.81. The Kier molecular flexibility index (Phi) is 4.88. The zero-order chi connectivity index (χ0) is 11.1. The molecule has 84 valence electrons. The molecule has 15 heavy (non-hydrogen) atoms. The van der Waals surface area contributed by atoms with E-state index in [1.165, 1.54) is 11.8 Å². The third-order valence-corrected chi connectivity index (χ3v) is 2.61. The zero-order valence-electron chi connectivity index (χ0n) is 8.63. The number of unbranched alkanes of at least 4 members (excludes halogenated alkanes) is 1. The second kappa shape index (κ2) is 6.23. The first-order valence-corrected chi connectivity index (χ1v) is 5.67. The van der Waals surface area contributed by atoms with E-state index < -0.39 is 0 Å². The van der Waals surface area contributed by atoms with E-state index in [-0.39, 0.29) is 0 Å². The van der Waals surface area contributed by atoms with Gasteiger partial charge in [-0.25, -0.2) is 4.68 Å². The van der Waals surface area contributed by atoms with Gasteiger partial charge in [-0.1, -0.05) is 25.1 Å². The highest BCUT2D eigenvalue weighted by atomic mass is 32.2. The molecule has 7 nitrogen and oxygen atoms in total. The number of tetrazole rings is 1. The minimum atomic E-state index is 0.333. The quantitative estimate of drug-likeness (QED) is 0.316. The van der Waals surface area contributed by atoms with Crippen LogP contribution in [-0.4, -0.2) is 25.4 Å². The normalized spacial score (nSPS) is 11.9. The number of nitrogens with two attached hydrogens (primary N) is 2. The van der Waals surface area contributed by atoms with Crippen LogP contribution in [0.15, 0.2) is 5.10 Å². The van der Waals surface area contributed by atoms with Gasteiger partial charge in [0.15, 0.2) is 11.0 Å². The molecule has 0 amide bonds. The van der Waals surface area contributed by atoms with Gasteiger partial charge in [-0.05, 0) is 16.8 Å². The fourth-order valence-corrected chi connectivity index (χ4v) is 1.54. The van der Waals surface area contributed by atoms with Gasteiger partial charge in [0.2, 0.25) is 0 Å². The van der Waals surface area contributed by atoms with E-state index in [9.17, 15) is 0 Å². The van der Waals surface area contributed by atoms with Crippen molar-refractivity contribution in [3.05, 3.63) is 5.82 Å². The van der Waals surface area contributed by atoms with E-state index >= 15 is 0 Å². The molecule has 0 radical (unpaired) electrons. The average molecular weight is 229 g/mol. The van der Waals surface area contributed by atoms with E-state index in [0.717, 1.165) is 25.2 Å². The molecule has 1 aromatic heterocycles. The standard InChI is InChI=1S/C7H15N7S/c1-2-3-4-14-6(11-12-13-14)5-15-7(8)10-9/h2-5,9H2,1H3,(H2,8,10). The van der Waals surface area contributed by atoms with Gasteiger partial charge in [0.25, 0.3) is 0 Å². The Labute approximate surface area is 92.3 Å². The monoisotopic (exact) mass is 229 g/mol. The van der Waals surface area contributed by atoms with Crippen molar-refractivity contribution in [3.8, 4) is 0 Å². The summed E-state index contributed by atoms with van der Waals surface area (Å²) in [7, 11) is 0. The summed E-state index contributed by atoms with van der Waals surface area (Å²) < 4.78 is 1.78. The van der Waals surface area contributed by atoms with Crippen LogP contribution >= 0.6 is 11.8 Å². The van der Waals surface area contributed by atoms with E-state index in [0.29, 0.717) is 10.9 Å². The van der Waals surface area contributed by atoms with Gasteiger partial charge in [0.05, 0.1) is 5.75 Å². The highest BCUT2D eigenvalue weighted by Crippen LogP contribution is 2.08. The Morgan fingerprint density at radius 2 is 2.40 bits per heavy atom. The van der Waals surface area contributed by atoms with Crippen LogP contribution < -0.4 is 11.6 Å². The largest absolute Gasteiger partial charge is 0.377 e. The van der Waals surface area contributed by atoms with Gasteiger partial charge in [-0.15, -0.1) is 5.10 Å². The van der Waals surface area contributed by atoms with E-state index in [1.54, 1.807) is 4.68 Å². The summed E-state index contributed by atoms with van der Waals surface area (Å²) in [5.74, 6) is 6.39. The Hall–Kier alpha value is -1.31. The second-order valence-electron chi connectivity index (χ2n) is 2.93. The van der Waals surface area contributed by atoms with E-state index in [1.807, 2.05) is 0 Å². The lowest BCUT2D eigenvalue weighted by atomic mass is 10.3. The molecule has 0 bridgehead atoms. The molecule has 0 atom stereocenters. The molecule has 0 fully saturated rings. The van der Waals surface area contributed by atoms with Gasteiger partial charge in [-0.3, -0.25) is 0 Å². The summed E-state index contributed by atoms with van der Waals surface area (Å²) in [5, 5.41) is 15.1. The van der Waals surface area contributed by atoms with Gasteiger partial charge in [-0.2, -0.15) is 5.10 Å². The van der Waals surface area contributed by atoms with Crippen molar-refractivity contribution in [2.45, 2.75) is 32.1 Å². The van der Waals surface area contributed by atoms with Crippen molar-refractivity contribution in [3.63, 3.8) is 0 Å². The maximum absolute atomic E-state index is 5.45. The minimum Gasteiger partial charge on any atom is -0.377 e. The lowest BCUT2D eigenvalue weighted by molar-refractivity contribution is 0.540. The van der Waals surface area contributed by atoms with Crippen molar-refractivity contribution in [1.29, 1.82) is 0 Å². The highest BCUT2D eigenvalue weighted by Gasteiger charge is 2.06. The first-order valence-electron chi connectivity index (χ1n) is 4.69. The summed E-state index contributed by atoms with van der Waals surface area (Å²) >= 11 is 1.32. The molecule has 0 aliphatic rings. The maximum Gasteiger partial charge on any atom is 0.177 e. The number of hydrazone groups is 1. The molecular formula is C7H15N7S. The second-order valence-corrected chi connectivity index (χ2v) is 3.92. The minimum absolute atomic E-state index is 0.333. The molecule has 0 saturated heterocycles. The zero-order valence-corrected chi connectivity index (χ0v) is 9.44. The fraction of sp³-hybridized carbons (Fsp3) is 0.714. The topological polar surface area (TPSA) is 108 Å². The van der Waals surface area contributed by atoms with Crippen LogP contribution in [0.25, 0.3) is 0 Å². The van der Waals surface area contributed by atoms with Crippen molar-refractivity contribution in [2.24, 2.45) is 16.7 Å². The molecule has 4 N–H and O–H groups in total. The van der Waals surface area contributed by atoms with Gasteiger partial charge >= 0.3 is 0 Å².